The Labute approximate surface area is 131 Å². The zero-order chi connectivity index (χ0) is 16.3. The molecule has 120 valence electrons. The number of hydrogen-bond donors (Lipinski definition) is 1. The minimum Gasteiger partial charge on any atom is -0.492 e. The van der Waals surface area contributed by atoms with Crippen molar-refractivity contribution < 1.29 is 14.3 Å². The van der Waals surface area contributed by atoms with Gasteiger partial charge in [0.1, 0.15) is 5.75 Å². The van der Waals surface area contributed by atoms with Gasteiger partial charge in [-0.05, 0) is 39.8 Å². The van der Waals surface area contributed by atoms with Crippen LogP contribution >= 0.6 is 0 Å². The molecule has 2 rings (SSSR count). The van der Waals surface area contributed by atoms with Crippen molar-refractivity contribution in [3.63, 3.8) is 0 Å². The van der Waals surface area contributed by atoms with Crippen LogP contribution in [0.15, 0.2) is 24.3 Å². The van der Waals surface area contributed by atoms with E-state index in [-0.39, 0.29) is 29.7 Å². The lowest BCUT2D eigenvalue weighted by Gasteiger charge is -2.31. The Hall–Kier alpha value is -2.04. The first-order valence-corrected chi connectivity index (χ1v) is 7.66. The van der Waals surface area contributed by atoms with Gasteiger partial charge in [0.2, 0.25) is 11.8 Å². The summed E-state index contributed by atoms with van der Waals surface area (Å²) in [5.74, 6) is 0.231. The van der Waals surface area contributed by atoms with E-state index < -0.39 is 0 Å². The fraction of sp³-hybridized carbons (Fsp3) is 0.529. The Morgan fingerprint density at radius 2 is 2.05 bits per heavy atom. The zero-order valence-electron chi connectivity index (χ0n) is 13.7. The van der Waals surface area contributed by atoms with Crippen molar-refractivity contribution in [3.05, 3.63) is 24.3 Å². The molecule has 0 saturated carbocycles. The number of amides is 2. The van der Waals surface area contributed by atoms with Gasteiger partial charge in [0.05, 0.1) is 18.2 Å². The van der Waals surface area contributed by atoms with E-state index in [0.29, 0.717) is 24.6 Å². The predicted molar refractivity (Wildman–Crippen MR) is 85.8 cm³/mol. The summed E-state index contributed by atoms with van der Waals surface area (Å²) in [6.45, 7) is 8.84. The fourth-order valence-corrected chi connectivity index (χ4v) is 2.62. The van der Waals surface area contributed by atoms with Gasteiger partial charge in [-0.15, -0.1) is 0 Å². The van der Waals surface area contributed by atoms with E-state index >= 15 is 0 Å². The van der Waals surface area contributed by atoms with Crippen molar-refractivity contribution in [2.24, 2.45) is 5.92 Å². The average Bonchev–Trinajstić information content (AvgIpc) is 2.83. The van der Waals surface area contributed by atoms with Crippen LogP contribution in [0.1, 0.15) is 34.1 Å². The molecule has 1 N–H and O–H groups in total. The highest BCUT2D eigenvalue weighted by Crippen LogP contribution is 2.29. The molecule has 1 heterocycles. The molecule has 22 heavy (non-hydrogen) atoms. The Morgan fingerprint density at radius 3 is 2.64 bits per heavy atom. The Morgan fingerprint density at radius 1 is 1.36 bits per heavy atom. The van der Waals surface area contributed by atoms with Crippen LogP contribution in [0.5, 0.6) is 5.75 Å². The van der Waals surface area contributed by atoms with Crippen molar-refractivity contribution in [3.8, 4) is 5.75 Å². The number of nitrogens with one attached hydrogen (secondary N) is 1. The van der Waals surface area contributed by atoms with Crippen LogP contribution in [0, 0.1) is 5.92 Å². The summed E-state index contributed by atoms with van der Waals surface area (Å²) in [5.41, 5.74) is 0.394. The van der Waals surface area contributed by atoms with Crippen molar-refractivity contribution in [1.29, 1.82) is 0 Å². The van der Waals surface area contributed by atoms with Gasteiger partial charge in [0, 0.05) is 18.5 Å². The van der Waals surface area contributed by atoms with Gasteiger partial charge in [0.25, 0.3) is 0 Å². The molecule has 2 amide bonds. The first-order valence-electron chi connectivity index (χ1n) is 7.66. The number of carbonyl (C=O) groups excluding carboxylic acids is 2. The van der Waals surface area contributed by atoms with Crippen molar-refractivity contribution in [2.45, 2.75) is 39.7 Å². The average molecular weight is 304 g/mol. The SMILES string of the molecule is CCOc1ccccc1NC(=O)C1CC(=O)N(C(C)(C)C)C1. The van der Waals surface area contributed by atoms with Gasteiger partial charge in [-0.25, -0.2) is 0 Å². The van der Waals surface area contributed by atoms with Gasteiger partial charge in [-0.2, -0.15) is 0 Å². The van der Waals surface area contributed by atoms with Crippen LogP contribution in [0.25, 0.3) is 0 Å². The third-order valence-electron chi connectivity index (χ3n) is 3.75. The third kappa shape index (κ3) is 3.59. The molecule has 1 aliphatic rings. The van der Waals surface area contributed by atoms with Gasteiger partial charge in [-0.3, -0.25) is 9.59 Å². The second-order valence-corrected chi connectivity index (χ2v) is 6.49. The lowest BCUT2D eigenvalue weighted by Crippen LogP contribution is -2.42. The number of carbonyl (C=O) groups is 2. The first kappa shape index (κ1) is 16.3. The molecule has 0 aromatic heterocycles. The molecule has 5 nitrogen and oxygen atoms in total. The molecular formula is C17H24N2O3. The molecule has 1 fully saturated rings. The van der Waals surface area contributed by atoms with Gasteiger partial charge in [-0.1, -0.05) is 12.1 Å². The van der Waals surface area contributed by atoms with E-state index in [2.05, 4.69) is 5.32 Å². The summed E-state index contributed by atoms with van der Waals surface area (Å²) in [5, 5.41) is 2.89. The highest BCUT2D eigenvalue weighted by Gasteiger charge is 2.39. The number of benzene rings is 1. The molecule has 0 aliphatic carbocycles. The second-order valence-electron chi connectivity index (χ2n) is 6.49. The fourth-order valence-electron chi connectivity index (χ4n) is 2.62. The number of nitrogens with zero attached hydrogens (tertiary/aromatic N) is 1. The van der Waals surface area contributed by atoms with Crippen LogP contribution in [-0.2, 0) is 9.59 Å². The van der Waals surface area contributed by atoms with Crippen LogP contribution in [-0.4, -0.2) is 35.4 Å². The normalized spacial score (nSPS) is 18.5. The Bertz CT molecular complexity index is 563. The quantitative estimate of drug-likeness (QED) is 0.930. The maximum Gasteiger partial charge on any atom is 0.229 e. The van der Waals surface area contributed by atoms with Gasteiger partial charge in [0.15, 0.2) is 0 Å². The van der Waals surface area contributed by atoms with Crippen LogP contribution in [0.4, 0.5) is 5.69 Å². The summed E-state index contributed by atoms with van der Waals surface area (Å²) in [7, 11) is 0. The molecule has 1 aliphatic heterocycles. The molecule has 1 unspecified atom stereocenters. The van der Waals surface area contributed by atoms with Gasteiger partial charge >= 0.3 is 0 Å². The summed E-state index contributed by atoms with van der Waals surface area (Å²) in [6.07, 6.45) is 0.264. The van der Waals surface area contributed by atoms with E-state index in [0.717, 1.165) is 0 Å². The summed E-state index contributed by atoms with van der Waals surface area (Å²) < 4.78 is 5.50. The maximum atomic E-state index is 12.4. The topological polar surface area (TPSA) is 58.6 Å². The third-order valence-corrected chi connectivity index (χ3v) is 3.75. The Kier molecular flexibility index (Phi) is 4.74. The van der Waals surface area contributed by atoms with E-state index in [1.807, 2.05) is 45.9 Å². The molecule has 0 bridgehead atoms. The van der Waals surface area contributed by atoms with E-state index in [1.165, 1.54) is 0 Å². The number of anilines is 1. The van der Waals surface area contributed by atoms with Gasteiger partial charge < -0.3 is 15.0 Å². The van der Waals surface area contributed by atoms with Crippen molar-refractivity contribution in [1.82, 2.24) is 4.90 Å². The van der Waals surface area contributed by atoms with Crippen molar-refractivity contribution >= 4 is 17.5 Å². The number of ether oxygens (including phenoxy) is 1. The summed E-state index contributed by atoms with van der Waals surface area (Å²) in [6, 6.07) is 7.34. The molecule has 0 radical (unpaired) electrons. The molecule has 5 heteroatoms. The summed E-state index contributed by atoms with van der Waals surface area (Å²) in [4.78, 5) is 26.3. The lowest BCUT2D eigenvalue weighted by atomic mass is 10.1. The first-order chi connectivity index (χ1) is 10.3. The smallest absolute Gasteiger partial charge is 0.229 e. The van der Waals surface area contributed by atoms with Crippen LogP contribution < -0.4 is 10.1 Å². The standard InChI is InChI=1S/C17H24N2O3/c1-5-22-14-9-7-6-8-13(14)18-16(21)12-10-15(20)19(11-12)17(2,3)4/h6-9,12H,5,10-11H2,1-4H3,(H,18,21). The van der Waals surface area contributed by atoms with Crippen LogP contribution in [0.2, 0.25) is 0 Å². The number of rotatable bonds is 4. The van der Waals surface area contributed by atoms with E-state index in [1.54, 1.807) is 11.0 Å². The molecule has 1 atom stereocenters. The second kappa shape index (κ2) is 6.38. The largest absolute Gasteiger partial charge is 0.492 e. The monoisotopic (exact) mass is 304 g/mol. The number of likely N-dealkylation sites (tertiary alicyclic amines) is 1. The number of hydrogen-bond acceptors (Lipinski definition) is 3. The molecule has 1 saturated heterocycles. The zero-order valence-corrected chi connectivity index (χ0v) is 13.7. The van der Waals surface area contributed by atoms with Crippen molar-refractivity contribution in [2.75, 3.05) is 18.5 Å². The molecule has 0 spiro atoms. The molecule has 1 aromatic rings. The predicted octanol–water partition coefficient (Wildman–Crippen LogP) is 2.67. The highest BCUT2D eigenvalue weighted by molar-refractivity contribution is 5.98. The summed E-state index contributed by atoms with van der Waals surface area (Å²) >= 11 is 0. The minimum atomic E-state index is -0.318. The molecular weight excluding hydrogens is 280 g/mol. The van der Waals surface area contributed by atoms with Crippen LogP contribution in [0.3, 0.4) is 0 Å². The molecule has 1 aromatic carbocycles. The lowest BCUT2D eigenvalue weighted by molar-refractivity contribution is -0.131. The van der Waals surface area contributed by atoms with E-state index in [4.69, 9.17) is 4.74 Å². The maximum absolute atomic E-state index is 12.4. The minimum absolute atomic E-state index is 0.0331. The Balaban J connectivity index is 2.07. The number of para-hydroxylation sites is 2. The highest BCUT2D eigenvalue weighted by atomic mass is 16.5. The van der Waals surface area contributed by atoms with E-state index in [9.17, 15) is 9.59 Å².